The highest BCUT2D eigenvalue weighted by molar-refractivity contribution is 5.85. The number of hydrogen-bond donors (Lipinski definition) is 1. The molecule has 1 spiro atoms. The first kappa shape index (κ1) is 22.6. The lowest BCUT2D eigenvalue weighted by Gasteiger charge is -2.46. The summed E-state index contributed by atoms with van der Waals surface area (Å²) in [6.07, 6.45) is 4.92. The largest absolute Gasteiger partial charge is 0.445 e. The van der Waals surface area contributed by atoms with Gasteiger partial charge in [0.1, 0.15) is 18.8 Å². The van der Waals surface area contributed by atoms with Gasteiger partial charge in [-0.15, -0.1) is 0 Å². The quantitative estimate of drug-likeness (QED) is 0.721. The molecular weight excluding hydrogens is 434 g/mol. The van der Waals surface area contributed by atoms with E-state index in [2.05, 4.69) is 15.2 Å². The third-order valence-corrected chi connectivity index (χ3v) is 7.15. The fourth-order valence-electron chi connectivity index (χ4n) is 5.50. The summed E-state index contributed by atoms with van der Waals surface area (Å²) in [5, 5.41) is 3.78. The van der Waals surface area contributed by atoms with Crippen molar-refractivity contribution in [3.8, 4) is 0 Å². The van der Waals surface area contributed by atoms with Gasteiger partial charge in [0.05, 0.1) is 13.2 Å². The highest BCUT2D eigenvalue weighted by Gasteiger charge is 2.58. The summed E-state index contributed by atoms with van der Waals surface area (Å²) in [5.74, 6) is -0.0825. The number of carbonyl (C=O) groups is 2. The molecule has 1 N–H and O–H groups in total. The summed E-state index contributed by atoms with van der Waals surface area (Å²) in [6.45, 7) is 3.20. The lowest BCUT2D eigenvalue weighted by molar-refractivity contribution is -0.146. The topological polar surface area (TPSA) is 87.2 Å². The van der Waals surface area contributed by atoms with E-state index in [0.29, 0.717) is 19.7 Å². The highest BCUT2D eigenvalue weighted by Crippen LogP contribution is 2.38. The number of amides is 2. The number of anilines is 1. The van der Waals surface area contributed by atoms with Gasteiger partial charge in [-0.05, 0) is 30.5 Å². The van der Waals surface area contributed by atoms with E-state index >= 15 is 0 Å². The van der Waals surface area contributed by atoms with Crippen LogP contribution < -0.4 is 10.2 Å². The van der Waals surface area contributed by atoms with Crippen LogP contribution in [-0.2, 0) is 20.9 Å². The van der Waals surface area contributed by atoms with Gasteiger partial charge in [-0.2, -0.15) is 0 Å². The predicted molar refractivity (Wildman–Crippen MR) is 126 cm³/mol. The van der Waals surface area contributed by atoms with E-state index in [9.17, 15) is 9.59 Å². The Morgan fingerprint density at radius 2 is 1.82 bits per heavy atom. The van der Waals surface area contributed by atoms with Gasteiger partial charge in [-0.1, -0.05) is 30.3 Å². The van der Waals surface area contributed by atoms with Crippen LogP contribution in [0.5, 0.6) is 0 Å². The number of rotatable bonds is 5. The highest BCUT2D eigenvalue weighted by atomic mass is 16.6. The molecule has 1 aromatic heterocycles. The molecule has 3 aliphatic heterocycles. The second-order valence-corrected chi connectivity index (χ2v) is 9.44. The molecule has 3 fully saturated rings. The Bertz CT molecular complexity index is 1010. The Morgan fingerprint density at radius 3 is 2.53 bits per heavy atom. The number of aromatic nitrogens is 1. The lowest BCUT2D eigenvalue weighted by Crippen LogP contribution is -2.70. The monoisotopic (exact) mass is 465 g/mol. The molecule has 180 valence electrons. The van der Waals surface area contributed by atoms with E-state index < -0.39 is 11.8 Å². The first-order valence-corrected chi connectivity index (χ1v) is 11.7. The summed E-state index contributed by atoms with van der Waals surface area (Å²) in [7, 11) is 1.63. The molecule has 1 atom stereocenters. The Hall–Kier alpha value is -3.17. The molecule has 34 heavy (non-hydrogen) atoms. The summed E-state index contributed by atoms with van der Waals surface area (Å²) in [6, 6.07) is 13.6. The van der Waals surface area contributed by atoms with Gasteiger partial charge in [-0.3, -0.25) is 20.0 Å². The van der Waals surface area contributed by atoms with E-state index in [1.165, 1.54) is 4.90 Å². The molecule has 0 saturated carbocycles. The van der Waals surface area contributed by atoms with Crippen molar-refractivity contribution in [3.05, 3.63) is 60.4 Å². The number of benzene rings is 1. The third-order valence-electron chi connectivity index (χ3n) is 7.15. The van der Waals surface area contributed by atoms with E-state index in [0.717, 1.165) is 37.2 Å². The average Bonchev–Trinajstić information content (AvgIpc) is 3.18. The van der Waals surface area contributed by atoms with Crippen LogP contribution in [0.25, 0.3) is 0 Å². The standard InChI is InChI=1S/C25H31N5O4/c1-33-19-25-18-29(23(32)34-16-20-5-3-2-4-6-20)15-22(31)30(25)17-24(27-25)9-13-28(14-10-24)21-7-11-26-12-8-21/h2-8,11-12,27H,9-10,13-19H2,1H3. The number of methoxy groups -OCH3 is 1. The van der Waals surface area contributed by atoms with Crippen LogP contribution in [0.15, 0.2) is 54.9 Å². The van der Waals surface area contributed by atoms with Crippen LogP contribution in [0.2, 0.25) is 0 Å². The first-order valence-electron chi connectivity index (χ1n) is 11.7. The fourth-order valence-corrected chi connectivity index (χ4v) is 5.50. The normalized spacial score (nSPS) is 23.8. The molecule has 0 bridgehead atoms. The molecule has 1 unspecified atom stereocenters. The summed E-state index contributed by atoms with van der Waals surface area (Å²) < 4.78 is 11.1. The van der Waals surface area contributed by atoms with Crippen molar-refractivity contribution in [2.45, 2.75) is 30.7 Å². The Labute approximate surface area is 199 Å². The van der Waals surface area contributed by atoms with E-state index in [1.54, 1.807) is 7.11 Å². The zero-order valence-electron chi connectivity index (χ0n) is 19.5. The van der Waals surface area contributed by atoms with E-state index in [-0.39, 0.29) is 24.6 Å². The van der Waals surface area contributed by atoms with Crippen LogP contribution in [0.3, 0.4) is 0 Å². The molecule has 9 heteroatoms. The summed E-state index contributed by atoms with van der Waals surface area (Å²) in [4.78, 5) is 35.9. The molecule has 2 aromatic rings. The molecule has 0 aliphatic carbocycles. The molecular formula is C25H31N5O4. The Kier molecular flexibility index (Phi) is 6.14. The fraction of sp³-hybridized carbons (Fsp3) is 0.480. The number of carbonyl (C=O) groups excluding carboxylic acids is 2. The number of piperazine rings is 1. The Morgan fingerprint density at radius 1 is 1.09 bits per heavy atom. The van der Waals surface area contributed by atoms with Crippen molar-refractivity contribution in [2.24, 2.45) is 0 Å². The number of ether oxygens (including phenoxy) is 2. The molecule has 0 radical (unpaired) electrons. The second-order valence-electron chi connectivity index (χ2n) is 9.44. The minimum atomic E-state index is -0.755. The molecule has 9 nitrogen and oxygen atoms in total. The number of pyridine rings is 1. The maximum Gasteiger partial charge on any atom is 0.410 e. The van der Waals surface area contributed by atoms with Crippen molar-refractivity contribution in [2.75, 3.05) is 51.3 Å². The van der Waals surface area contributed by atoms with Crippen molar-refractivity contribution in [3.63, 3.8) is 0 Å². The van der Waals surface area contributed by atoms with Crippen LogP contribution in [0.4, 0.5) is 10.5 Å². The minimum absolute atomic E-state index is 0.0139. The van der Waals surface area contributed by atoms with Crippen molar-refractivity contribution >= 4 is 17.7 Å². The van der Waals surface area contributed by atoms with Crippen LogP contribution in [0, 0.1) is 0 Å². The average molecular weight is 466 g/mol. The third kappa shape index (κ3) is 4.33. The summed E-state index contributed by atoms with van der Waals surface area (Å²) in [5.41, 5.74) is 1.11. The molecule has 2 amide bonds. The van der Waals surface area contributed by atoms with Crippen molar-refractivity contribution < 1.29 is 19.1 Å². The lowest BCUT2D eigenvalue weighted by atomic mass is 9.88. The minimum Gasteiger partial charge on any atom is -0.445 e. The smallest absolute Gasteiger partial charge is 0.410 e. The Balaban J connectivity index is 1.28. The number of fused-ring (bicyclic) bond motifs is 1. The van der Waals surface area contributed by atoms with Gasteiger partial charge in [0.15, 0.2) is 0 Å². The zero-order valence-corrected chi connectivity index (χ0v) is 19.5. The number of piperidine rings is 1. The zero-order chi connectivity index (χ0) is 23.6. The van der Waals surface area contributed by atoms with Gasteiger partial charge in [0.2, 0.25) is 5.91 Å². The predicted octanol–water partition coefficient (Wildman–Crippen LogP) is 1.85. The van der Waals surface area contributed by atoms with Crippen LogP contribution >= 0.6 is 0 Å². The molecule has 4 heterocycles. The van der Waals surface area contributed by atoms with Crippen molar-refractivity contribution in [1.29, 1.82) is 0 Å². The van der Waals surface area contributed by atoms with Gasteiger partial charge in [-0.25, -0.2) is 4.79 Å². The van der Waals surface area contributed by atoms with E-state index in [1.807, 2.05) is 59.8 Å². The molecule has 5 rings (SSSR count). The van der Waals surface area contributed by atoms with Gasteiger partial charge < -0.3 is 19.3 Å². The first-order chi connectivity index (χ1) is 16.5. The van der Waals surface area contributed by atoms with Crippen molar-refractivity contribution in [1.82, 2.24) is 20.1 Å². The summed E-state index contributed by atoms with van der Waals surface area (Å²) >= 11 is 0. The van der Waals surface area contributed by atoms with E-state index in [4.69, 9.17) is 9.47 Å². The van der Waals surface area contributed by atoms with Crippen LogP contribution in [-0.4, -0.2) is 84.4 Å². The molecule has 3 aliphatic rings. The second kappa shape index (κ2) is 9.23. The van der Waals surface area contributed by atoms with Gasteiger partial charge >= 0.3 is 6.09 Å². The van der Waals surface area contributed by atoms with Crippen LogP contribution in [0.1, 0.15) is 18.4 Å². The van der Waals surface area contributed by atoms with Gasteiger partial charge in [0, 0.05) is 50.4 Å². The number of nitrogens with zero attached hydrogens (tertiary/aromatic N) is 4. The molecule has 1 aromatic carbocycles. The number of nitrogens with one attached hydrogen (secondary N) is 1. The number of hydrogen-bond acceptors (Lipinski definition) is 7. The maximum atomic E-state index is 13.2. The molecule has 3 saturated heterocycles. The van der Waals surface area contributed by atoms with Gasteiger partial charge in [0.25, 0.3) is 0 Å². The maximum absolute atomic E-state index is 13.2. The SMILES string of the molecule is COCC12CN(C(=O)OCc3ccccc3)CC(=O)N1CC1(CCN(c3ccncc3)CC1)N2.